The zero-order valence-electron chi connectivity index (χ0n) is 11.9. The highest BCUT2D eigenvalue weighted by Gasteiger charge is 2.29. The van der Waals surface area contributed by atoms with Crippen molar-refractivity contribution in [2.45, 2.75) is 39.8 Å². The van der Waals surface area contributed by atoms with Gasteiger partial charge in [0.05, 0.1) is 5.69 Å². The van der Waals surface area contributed by atoms with Crippen molar-refractivity contribution in [1.29, 1.82) is 0 Å². The molecule has 7 nitrogen and oxygen atoms in total. The van der Waals surface area contributed by atoms with Crippen molar-refractivity contribution >= 4 is 23.0 Å². The summed E-state index contributed by atoms with van der Waals surface area (Å²) in [6.45, 7) is 5.92. The first-order valence-electron chi connectivity index (χ1n) is 7.08. The number of hydrogen-bond acceptors (Lipinski definition) is 4. The van der Waals surface area contributed by atoms with Gasteiger partial charge in [0.15, 0.2) is 5.65 Å². The predicted octanol–water partition coefficient (Wildman–Crippen LogP) is 0.670. The summed E-state index contributed by atoms with van der Waals surface area (Å²) in [5, 5.41) is 7.39. The van der Waals surface area contributed by atoms with Crippen LogP contribution in [0.5, 0.6) is 0 Å². The van der Waals surface area contributed by atoms with E-state index in [-0.39, 0.29) is 11.8 Å². The van der Waals surface area contributed by atoms with Gasteiger partial charge in [0.1, 0.15) is 5.52 Å². The third kappa shape index (κ3) is 2.13. The van der Waals surface area contributed by atoms with Gasteiger partial charge in [-0.3, -0.25) is 9.36 Å². The number of hydrogen-bond donors (Lipinski definition) is 2. The second kappa shape index (κ2) is 4.81. The minimum atomic E-state index is 0.153. The Morgan fingerprint density at radius 1 is 1.50 bits per heavy atom. The quantitative estimate of drug-likeness (QED) is 0.839. The third-order valence-corrected chi connectivity index (χ3v) is 3.71. The first kappa shape index (κ1) is 13.0. The van der Waals surface area contributed by atoms with Gasteiger partial charge in [-0.05, 0) is 26.7 Å². The lowest BCUT2D eigenvalue weighted by atomic mass is 10.4. The van der Waals surface area contributed by atoms with Gasteiger partial charge in [-0.2, -0.15) is 5.10 Å². The molecule has 0 unspecified atom stereocenters. The van der Waals surface area contributed by atoms with E-state index in [2.05, 4.69) is 15.4 Å². The highest BCUT2D eigenvalue weighted by molar-refractivity contribution is 5.81. The van der Waals surface area contributed by atoms with Gasteiger partial charge in [0, 0.05) is 25.6 Å². The molecule has 1 saturated carbocycles. The van der Waals surface area contributed by atoms with Crippen LogP contribution in [0.3, 0.4) is 0 Å². The molecule has 1 aliphatic rings. The van der Waals surface area contributed by atoms with Gasteiger partial charge in [0.2, 0.25) is 11.9 Å². The normalized spacial score (nSPS) is 14.9. The average Bonchev–Trinajstić information content (AvgIpc) is 3.16. The molecule has 0 spiro atoms. The SMILES string of the molecule is CCn1nc(C)c2nc(N)n(CCNC(=O)C3CC3)c21. The van der Waals surface area contributed by atoms with Gasteiger partial charge >= 0.3 is 0 Å². The lowest BCUT2D eigenvalue weighted by Gasteiger charge is -2.09. The average molecular weight is 276 g/mol. The molecule has 108 valence electrons. The van der Waals surface area contributed by atoms with E-state index in [9.17, 15) is 4.79 Å². The summed E-state index contributed by atoms with van der Waals surface area (Å²) in [5.41, 5.74) is 8.64. The maximum Gasteiger partial charge on any atom is 0.223 e. The number of nitrogens with one attached hydrogen (secondary N) is 1. The molecule has 2 heterocycles. The molecular formula is C13H20N6O. The molecular weight excluding hydrogens is 256 g/mol. The van der Waals surface area contributed by atoms with E-state index in [1.54, 1.807) is 0 Å². The zero-order chi connectivity index (χ0) is 14.3. The van der Waals surface area contributed by atoms with E-state index in [1.807, 2.05) is 23.1 Å². The Labute approximate surface area is 117 Å². The summed E-state index contributed by atoms with van der Waals surface area (Å²) in [6.07, 6.45) is 2.04. The molecule has 0 radical (unpaired) electrons. The van der Waals surface area contributed by atoms with Crippen LogP contribution >= 0.6 is 0 Å². The Morgan fingerprint density at radius 2 is 2.25 bits per heavy atom. The van der Waals surface area contributed by atoms with Crippen molar-refractivity contribution in [3.63, 3.8) is 0 Å². The fourth-order valence-electron chi connectivity index (χ4n) is 2.46. The third-order valence-electron chi connectivity index (χ3n) is 3.71. The number of carbonyl (C=O) groups is 1. The summed E-state index contributed by atoms with van der Waals surface area (Å²) >= 11 is 0. The number of nitrogen functional groups attached to an aromatic ring is 1. The van der Waals surface area contributed by atoms with Crippen LogP contribution in [0.15, 0.2) is 0 Å². The van der Waals surface area contributed by atoms with Crippen molar-refractivity contribution in [2.24, 2.45) is 5.92 Å². The lowest BCUT2D eigenvalue weighted by molar-refractivity contribution is -0.122. The van der Waals surface area contributed by atoms with E-state index in [0.717, 1.165) is 36.2 Å². The predicted molar refractivity (Wildman–Crippen MR) is 76.1 cm³/mol. The summed E-state index contributed by atoms with van der Waals surface area (Å²) in [5.74, 6) is 0.863. The van der Waals surface area contributed by atoms with Gasteiger partial charge < -0.3 is 11.1 Å². The van der Waals surface area contributed by atoms with Crippen LogP contribution in [0.4, 0.5) is 5.95 Å². The van der Waals surface area contributed by atoms with Crippen LogP contribution in [0.25, 0.3) is 11.2 Å². The number of carbonyl (C=O) groups excluding carboxylic acids is 1. The number of aryl methyl sites for hydroxylation is 2. The summed E-state index contributed by atoms with van der Waals surface area (Å²) in [6, 6.07) is 0. The number of imidazole rings is 1. The summed E-state index contributed by atoms with van der Waals surface area (Å²) < 4.78 is 3.82. The number of nitrogens with two attached hydrogens (primary N) is 1. The van der Waals surface area contributed by atoms with Crippen LogP contribution in [0.1, 0.15) is 25.5 Å². The molecule has 1 fully saturated rings. The largest absolute Gasteiger partial charge is 0.369 e. The lowest BCUT2D eigenvalue weighted by Crippen LogP contribution is -2.28. The molecule has 2 aromatic heterocycles. The second-order valence-electron chi connectivity index (χ2n) is 5.26. The van der Waals surface area contributed by atoms with Crippen LogP contribution in [-0.2, 0) is 17.9 Å². The standard InChI is InChI=1S/C13H20N6O/c1-3-19-12-10(8(2)17-19)16-13(14)18(12)7-6-15-11(20)9-4-5-9/h9H,3-7H2,1-2H3,(H2,14,16)(H,15,20). The van der Waals surface area contributed by atoms with E-state index in [4.69, 9.17) is 5.73 Å². The second-order valence-corrected chi connectivity index (χ2v) is 5.26. The first-order valence-corrected chi connectivity index (χ1v) is 7.08. The minimum Gasteiger partial charge on any atom is -0.369 e. The highest BCUT2D eigenvalue weighted by Crippen LogP contribution is 2.28. The number of nitrogens with zero attached hydrogens (tertiary/aromatic N) is 4. The molecule has 0 atom stereocenters. The Kier molecular flexibility index (Phi) is 3.11. The number of anilines is 1. The molecule has 0 saturated heterocycles. The number of fused-ring (bicyclic) bond motifs is 1. The zero-order valence-corrected chi connectivity index (χ0v) is 11.9. The van der Waals surface area contributed by atoms with Gasteiger partial charge in [-0.15, -0.1) is 0 Å². The fraction of sp³-hybridized carbons (Fsp3) is 0.615. The van der Waals surface area contributed by atoms with Crippen LogP contribution in [0, 0.1) is 12.8 Å². The fourth-order valence-corrected chi connectivity index (χ4v) is 2.46. The summed E-state index contributed by atoms with van der Waals surface area (Å²) in [7, 11) is 0. The van der Waals surface area contributed by atoms with Crippen molar-refractivity contribution in [3.8, 4) is 0 Å². The molecule has 0 aliphatic heterocycles. The Morgan fingerprint density at radius 3 is 2.90 bits per heavy atom. The molecule has 1 amide bonds. The molecule has 20 heavy (non-hydrogen) atoms. The summed E-state index contributed by atoms with van der Waals surface area (Å²) in [4.78, 5) is 16.0. The monoisotopic (exact) mass is 276 g/mol. The van der Waals surface area contributed by atoms with E-state index >= 15 is 0 Å². The van der Waals surface area contributed by atoms with Crippen molar-refractivity contribution in [3.05, 3.63) is 5.69 Å². The number of amides is 1. The number of rotatable bonds is 5. The van der Waals surface area contributed by atoms with Crippen LogP contribution in [-0.4, -0.2) is 31.8 Å². The maximum absolute atomic E-state index is 11.6. The van der Waals surface area contributed by atoms with Gasteiger partial charge in [0.25, 0.3) is 0 Å². The number of aromatic nitrogens is 4. The topological polar surface area (TPSA) is 90.8 Å². The van der Waals surface area contributed by atoms with Crippen molar-refractivity contribution in [2.75, 3.05) is 12.3 Å². The van der Waals surface area contributed by atoms with Gasteiger partial charge in [-0.1, -0.05) is 0 Å². The Balaban J connectivity index is 1.79. The minimum absolute atomic E-state index is 0.153. The molecule has 0 bridgehead atoms. The Hall–Kier alpha value is -2.05. The van der Waals surface area contributed by atoms with Crippen molar-refractivity contribution in [1.82, 2.24) is 24.6 Å². The van der Waals surface area contributed by atoms with Crippen LogP contribution in [0.2, 0.25) is 0 Å². The molecule has 3 rings (SSSR count). The molecule has 7 heteroatoms. The maximum atomic E-state index is 11.6. The first-order chi connectivity index (χ1) is 9.61. The van der Waals surface area contributed by atoms with Crippen LogP contribution < -0.4 is 11.1 Å². The molecule has 2 aromatic rings. The molecule has 0 aromatic carbocycles. The van der Waals surface area contributed by atoms with E-state index in [1.165, 1.54) is 0 Å². The Bertz CT molecular complexity index is 651. The van der Waals surface area contributed by atoms with E-state index in [0.29, 0.717) is 19.0 Å². The molecule has 3 N–H and O–H groups in total. The smallest absolute Gasteiger partial charge is 0.223 e. The highest BCUT2D eigenvalue weighted by atomic mass is 16.2. The van der Waals surface area contributed by atoms with Crippen molar-refractivity contribution < 1.29 is 4.79 Å². The van der Waals surface area contributed by atoms with Gasteiger partial charge in [-0.25, -0.2) is 9.67 Å². The van der Waals surface area contributed by atoms with E-state index < -0.39 is 0 Å². The molecule has 1 aliphatic carbocycles.